The number of amides is 1. The number of alkyl halides is 3. The summed E-state index contributed by atoms with van der Waals surface area (Å²) in [5.41, 5.74) is 4.97. The smallest absolute Gasteiger partial charge is 0.343 e. The van der Waals surface area contributed by atoms with Gasteiger partial charge in [0.15, 0.2) is 0 Å². The topological polar surface area (TPSA) is 55.1 Å². The van der Waals surface area contributed by atoms with Gasteiger partial charge in [-0.15, -0.1) is 0 Å². The quantitative estimate of drug-likeness (QED) is 0.756. The van der Waals surface area contributed by atoms with Gasteiger partial charge in [0.25, 0.3) is 0 Å². The average Bonchev–Trinajstić information content (AvgIpc) is 2.64. The largest absolute Gasteiger partial charge is 0.409 e. The first kappa shape index (κ1) is 12.3. The molecule has 0 aromatic heterocycles. The lowest BCUT2D eigenvalue weighted by Crippen LogP contribution is -2.51. The SMILES string of the molecule is NCC(NC(=O)C1CCCC1)C(F)(F)F. The van der Waals surface area contributed by atoms with Gasteiger partial charge in [-0.25, -0.2) is 0 Å². The van der Waals surface area contributed by atoms with Crippen LogP contribution in [0, 0.1) is 5.92 Å². The molecule has 0 spiro atoms. The Bertz CT molecular complexity index is 224. The molecule has 88 valence electrons. The Labute approximate surface area is 86.2 Å². The van der Waals surface area contributed by atoms with Crippen molar-refractivity contribution in [3.63, 3.8) is 0 Å². The van der Waals surface area contributed by atoms with Gasteiger partial charge in [0.2, 0.25) is 5.91 Å². The van der Waals surface area contributed by atoms with Crippen LogP contribution in [0.4, 0.5) is 13.2 Å². The highest BCUT2D eigenvalue weighted by molar-refractivity contribution is 5.79. The zero-order valence-corrected chi connectivity index (χ0v) is 8.31. The minimum atomic E-state index is -4.46. The van der Waals surface area contributed by atoms with Gasteiger partial charge >= 0.3 is 6.18 Å². The molecular weight excluding hydrogens is 209 g/mol. The van der Waals surface area contributed by atoms with Crippen molar-refractivity contribution < 1.29 is 18.0 Å². The van der Waals surface area contributed by atoms with E-state index in [1.165, 1.54) is 0 Å². The Morgan fingerprint density at radius 2 is 1.93 bits per heavy atom. The lowest BCUT2D eigenvalue weighted by molar-refractivity contribution is -0.160. The summed E-state index contributed by atoms with van der Waals surface area (Å²) in [6.45, 7) is -0.609. The zero-order valence-electron chi connectivity index (χ0n) is 8.31. The number of nitrogens with two attached hydrogens (primary N) is 1. The predicted molar refractivity (Wildman–Crippen MR) is 49.0 cm³/mol. The second-order valence-corrected chi connectivity index (χ2v) is 3.82. The van der Waals surface area contributed by atoms with E-state index in [4.69, 9.17) is 5.73 Å². The molecule has 1 rings (SSSR count). The van der Waals surface area contributed by atoms with E-state index >= 15 is 0 Å². The maximum Gasteiger partial charge on any atom is 0.409 e. The van der Waals surface area contributed by atoms with E-state index in [2.05, 4.69) is 0 Å². The summed E-state index contributed by atoms with van der Waals surface area (Å²) in [5.74, 6) is -0.776. The molecule has 0 saturated heterocycles. The molecule has 0 aliphatic heterocycles. The molecule has 1 saturated carbocycles. The van der Waals surface area contributed by atoms with Crippen LogP contribution in [0.1, 0.15) is 25.7 Å². The molecule has 6 heteroatoms. The summed E-state index contributed by atoms with van der Waals surface area (Å²) in [4.78, 5) is 11.4. The highest BCUT2D eigenvalue weighted by atomic mass is 19.4. The Hall–Kier alpha value is -0.780. The molecule has 0 aromatic rings. The third-order valence-electron chi connectivity index (χ3n) is 2.67. The minimum absolute atomic E-state index is 0.263. The maximum atomic E-state index is 12.3. The van der Waals surface area contributed by atoms with Gasteiger partial charge in [0, 0.05) is 12.5 Å². The predicted octanol–water partition coefficient (Wildman–Crippen LogP) is 1.18. The summed E-state index contributed by atoms with van der Waals surface area (Å²) in [5, 5.41) is 1.96. The van der Waals surface area contributed by atoms with Crippen LogP contribution >= 0.6 is 0 Å². The second-order valence-electron chi connectivity index (χ2n) is 3.82. The molecule has 0 heterocycles. The molecule has 1 unspecified atom stereocenters. The molecule has 0 bridgehead atoms. The van der Waals surface area contributed by atoms with E-state index < -0.39 is 24.7 Å². The molecule has 15 heavy (non-hydrogen) atoms. The van der Waals surface area contributed by atoms with Gasteiger partial charge in [-0.3, -0.25) is 4.79 Å². The molecule has 3 N–H and O–H groups in total. The van der Waals surface area contributed by atoms with Crippen LogP contribution in [0.15, 0.2) is 0 Å². The van der Waals surface area contributed by atoms with Gasteiger partial charge in [-0.05, 0) is 12.8 Å². The van der Waals surface area contributed by atoms with Crippen molar-refractivity contribution in [2.24, 2.45) is 11.7 Å². The van der Waals surface area contributed by atoms with Crippen molar-refractivity contribution >= 4 is 5.91 Å². The lowest BCUT2D eigenvalue weighted by atomic mass is 10.1. The van der Waals surface area contributed by atoms with E-state index in [-0.39, 0.29) is 5.92 Å². The first-order valence-electron chi connectivity index (χ1n) is 5.02. The summed E-state index contributed by atoms with van der Waals surface area (Å²) in [6.07, 6.45) is -1.26. The van der Waals surface area contributed by atoms with Crippen LogP contribution in [0.25, 0.3) is 0 Å². The van der Waals surface area contributed by atoms with E-state index in [1.807, 2.05) is 5.32 Å². The monoisotopic (exact) mass is 224 g/mol. The van der Waals surface area contributed by atoms with Crippen LogP contribution in [-0.4, -0.2) is 24.7 Å². The van der Waals surface area contributed by atoms with Crippen molar-refractivity contribution in [3.05, 3.63) is 0 Å². The molecular formula is C9H15F3N2O. The summed E-state index contributed by atoms with van der Waals surface area (Å²) >= 11 is 0. The van der Waals surface area contributed by atoms with Crippen LogP contribution in [0.5, 0.6) is 0 Å². The first-order chi connectivity index (χ1) is 6.95. The molecule has 0 radical (unpaired) electrons. The molecule has 1 aliphatic carbocycles. The Morgan fingerprint density at radius 3 is 2.33 bits per heavy atom. The van der Waals surface area contributed by atoms with Crippen LogP contribution in [0.3, 0.4) is 0 Å². The number of carbonyl (C=O) groups is 1. The van der Waals surface area contributed by atoms with Crippen molar-refractivity contribution in [1.29, 1.82) is 0 Å². The summed E-state index contributed by atoms with van der Waals surface area (Å²) in [7, 11) is 0. The van der Waals surface area contributed by atoms with Gasteiger partial charge < -0.3 is 11.1 Å². The second kappa shape index (κ2) is 4.83. The number of rotatable bonds is 3. The molecule has 1 fully saturated rings. The van der Waals surface area contributed by atoms with Gasteiger partial charge in [0.1, 0.15) is 6.04 Å². The highest BCUT2D eigenvalue weighted by Gasteiger charge is 2.40. The number of halogens is 3. The lowest BCUT2D eigenvalue weighted by Gasteiger charge is -2.21. The number of nitrogens with one attached hydrogen (secondary N) is 1. The third-order valence-corrected chi connectivity index (χ3v) is 2.67. The van der Waals surface area contributed by atoms with Crippen molar-refractivity contribution in [1.82, 2.24) is 5.32 Å². The molecule has 0 aromatic carbocycles. The fourth-order valence-corrected chi connectivity index (χ4v) is 1.75. The van der Waals surface area contributed by atoms with Crippen molar-refractivity contribution in [3.8, 4) is 0 Å². The zero-order chi connectivity index (χ0) is 11.5. The van der Waals surface area contributed by atoms with Gasteiger partial charge in [0.05, 0.1) is 0 Å². The van der Waals surface area contributed by atoms with E-state index in [0.717, 1.165) is 12.8 Å². The Morgan fingerprint density at radius 1 is 1.40 bits per heavy atom. The van der Waals surface area contributed by atoms with Crippen LogP contribution in [-0.2, 0) is 4.79 Å². The highest BCUT2D eigenvalue weighted by Crippen LogP contribution is 2.26. The van der Waals surface area contributed by atoms with Crippen molar-refractivity contribution in [2.75, 3.05) is 6.54 Å². The Balaban J connectivity index is 2.47. The molecule has 3 nitrogen and oxygen atoms in total. The first-order valence-corrected chi connectivity index (χ1v) is 5.02. The fourth-order valence-electron chi connectivity index (χ4n) is 1.75. The molecule has 1 amide bonds. The van der Waals surface area contributed by atoms with Crippen LogP contribution < -0.4 is 11.1 Å². The number of carbonyl (C=O) groups excluding carboxylic acids is 1. The summed E-state index contributed by atoms with van der Waals surface area (Å²) in [6, 6.07) is -1.91. The standard InChI is InChI=1S/C9H15F3N2O/c10-9(11,12)7(5-13)14-8(15)6-3-1-2-4-6/h6-7H,1-5,13H2,(H,14,15). The Kier molecular flexibility index (Phi) is 3.96. The maximum absolute atomic E-state index is 12.3. The van der Waals surface area contributed by atoms with Gasteiger partial charge in [-0.1, -0.05) is 12.8 Å². The molecule has 1 aliphatic rings. The number of hydrogen-bond donors (Lipinski definition) is 2. The molecule has 1 atom stereocenters. The third kappa shape index (κ3) is 3.37. The van der Waals surface area contributed by atoms with Crippen molar-refractivity contribution in [2.45, 2.75) is 37.9 Å². The normalized spacial score (nSPS) is 20.3. The van der Waals surface area contributed by atoms with E-state index in [1.54, 1.807) is 0 Å². The van der Waals surface area contributed by atoms with E-state index in [9.17, 15) is 18.0 Å². The minimum Gasteiger partial charge on any atom is -0.343 e. The van der Waals surface area contributed by atoms with E-state index in [0.29, 0.717) is 12.8 Å². The fraction of sp³-hybridized carbons (Fsp3) is 0.889. The summed E-state index contributed by atoms with van der Waals surface area (Å²) < 4.78 is 36.8. The van der Waals surface area contributed by atoms with Crippen LogP contribution in [0.2, 0.25) is 0 Å². The number of hydrogen-bond acceptors (Lipinski definition) is 2. The van der Waals surface area contributed by atoms with Gasteiger partial charge in [-0.2, -0.15) is 13.2 Å². The average molecular weight is 224 g/mol.